The largest absolute Gasteiger partial charge is 0.483 e. The number of benzene rings is 1. The second kappa shape index (κ2) is 4.65. The zero-order valence-corrected chi connectivity index (χ0v) is 10.6. The highest BCUT2D eigenvalue weighted by atomic mass is 79.9. The van der Waals surface area contributed by atoms with Crippen LogP contribution in [0, 0.1) is 0 Å². The van der Waals surface area contributed by atoms with Crippen molar-refractivity contribution in [2.24, 2.45) is 0 Å². The molecule has 0 aromatic heterocycles. The summed E-state index contributed by atoms with van der Waals surface area (Å²) in [4.78, 5) is 0. The van der Waals surface area contributed by atoms with E-state index in [4.69, 9.17) is 0 Å². The second-order valence-corrected chi connectivity index (χ2v) is 5.33. The van der Waals surface area contributed by atoms with E-state index in [1.54, 1.807) is 0 Å². The zero-order chi connectivity index (χ0) is 14.2. The summed E-state index contributed by atoms with van der Waals surface area (Å²) < 4.78 is 87.0. The molecule has 0 aliphatic carbocycles. The lowest BCUT2D eigenvalue weighted by molar-refractivity contribution is -0.273. The van der Waals surface area contributed by atoms with E-state index >= 15 is 0 Å². The molecule has 0 saturated carbocycles. The minimum atomic E-state index is -6.81. The predicted molar refractivity (Wildman–Crippen MR) is 54.7 cm³/mol. The van der Waals surface area contributed by atoms with Gasteiger partial charge in [0.15, 0.2) is 0 Å². The van der Waals surface area contributed by atoms with Crippen molar-refractivity contribution in [3.63, 3.8) is 0 Å². The van der Waals surface area contributed by atoms with Gasteiger partial charge in [0.25, 0.3) is 0 Å². The molecule has 0 saturated heterocycles. The molecule has 1 rings (SSSR count). The molecule has 18 heavy (non-hydrogen) atoms. The van der Waals surface area contributed by atoms with Gasteiger partial charge < -0.3 is 4.74 Å². The first kappa shape index (κ1) is 15.2. The fourth-order valence-electron chi connectivity index (χ4n) is 0.852. The molecular weight excluding hydrogens is 351 g/mol. The van der Waals surface area contributed by atoms with Crippen LogP contribution in [0.3, 0.4) is 0 Å². The summed E-state index contributed by atoms with van der Waals surface area (Å²) in [5, 5.41) is -5.98. The second-order valence-electron chi connectivity index (χ2n) is 3.03. The summed E-state index contributed by atoms with van der Waals surface area (Å²) in [5.41, 5.74) is 0. The number of rotatable bonds is 4. The van der Waals surface area contributed by atoms with Crippen LogP contribution in [-0.2, 0) is 10.2 Å². The maximum Gasteiger partial charge on any atom is 0.483 e. The lowest BCUT2D eigenvalue weighted by Crippen LogP contribution is -2.49. The van der Waals surface area contributed by atoms with Gasteiger partial charge in [-0.15, -0.1) is 0 Å². The van der Waals surface area contributed by atoms with Crippen molar-refractivity contribution >= 4 is 26.2 Å². The van der Waals surface area contributed by atoms with E-state index in [1.165, 1.54) is 12.1 Å². The fraction of sp³-hybridized carbons (Fsp3) is 0.250. The van der Waals surface area contributed by atoms with Crippen molar-refractivity contribution in [2.75, 3.05) is 0 Å². The Hall–Kier alpha value is -0.900. The van der Waals surface area contributed by atoms with Crippen molar-refractivity contribution in [2.45, 2.75) is 11.4 Å². The molecule has 0 fully saturated rings. The molecule has 0 unspecified atom stereocenters. The third-order valence-corrected chi connectivity index (χ3v) is 3.08. The number of hydrogen-bond acceptors (Lipinski definition) is 3. The van der Waals surface area contributed by atoms with E-state index in [2.05, 4.69) is 20.7 Å². The monoisotopic (exact) mass is 354 g/mol. The summed E-state index contributed by atoms with van der Waals surface area (Å²) in [7, 11) is -6.81. The first-order valence-electron chi connectivity index (χ1n) is 4.12. The minimum absolute atomic E-state index is 0.447. The standard InChI is InChI=1S/C8H4BrF5O3S/c9-5-1-3-6(4-2-5)17-7(10,11)8(12,13)18(14,15)16/h1-4H. The Labute approximate surface area is 107 Å². The molecule has 1 aromatic carbocycles. The van der Waals surface area contributed by atoms with E-state index in [9.17, 15) is 29.9 Å². The molecular formula is C8H4BrF5O3S. The lowest BCUT2D eigenvalue weighted by Gasteiger charge is -2.23. The fourth-order valence-corrected chi connectivity index (χ4v) is 1.44. The number of halogens is 6. The van der Waals surface area contributed by atoms with E-state index in [0.29, 0.717) is 4.47 Å². The van der Waals surface area contributed by atoms with Gasteiger partial charge in [0, 0.05) is 4.47 Å². The normalized spacial score (nSPS) is 13.4. The number of hydrogen-bond donors (Lipinski definition) is 0. The molecule has 1 aromatic rings. The SMILES string of the molecule is O=S(=O)(F)C(F)(F)C(F)(F)Oc1ccc(Br)cc1. The third-order valence-electron chi connectivity index (χ3n) is 1.70. The maximum atomic E-state index is 12.9. The van der Waals surface area contributed by atoms with Gasteiger partial charge in [0.2, 0.25) is 0 Å². The van der Waals surface area contributed by atoms with Crippen molar-refractivity contribution in [1.29, 1.82) is 0 Å². The van der Waals surface area contributed by atoms with Crippen LogP contribution in [0.4, 0.5) is 21.4 Å². The van der Waals surface area contributed by atoms with Crippen LogP contribution >= 0.6 is 15.9 Å². The molecule has 0 amide bonds. The molecule has 0 radical (unpaired) electrons. The third kappa shape index (κ3) is 2.91. The van der Waals surface area contributed by atoms with Crippen molar-refractivity contribution in [3.05, 3.63) is 28.7 Å². The molecule has 0 bridgehead atoms. The van der Waals surface area contributed by atoms with Gasteiger partial charge in [-0.3, -0.25) is 0 Å². The van der Waals surface area contributed by atoms with Crippen LogP contribution in [0.25, 0.3) is 0 Å². The van der Waals surface area contributed by atoms with Crippen LogP contribution in [0.5, 0.6) is 5.75 Å². The maximum absolute atomic E-state index is 12.9. The minimum Gasteiger partial charge on any atom is -0.427 e. The molecule has 102 valence electrons. The Kier molecular flexibility index (Phi) is 3.92. The summed E-state index contributed by atoms with van der Waals surface area (Å²) in [5.74, 6) is -0.744. The lowest BCUT2D eigenvalue weighted by atomic mass is 10.3. The summed E-state index contributed by atoms with van der Waals surface area (Å²) in [6.07, 6.45) is -5.53. The Morgan fingerprint density at radius 3 is 1.89 bits per heavy atom. The van der Waals surface area contributed by atoms with E-state index in [0.717, 1.165) is 12.1 Å². The highest BCUT2D eigenvalue weighted by molar-refractivity contribution is 9.10. The first-order valence-corrected chi connectivity index (χ1v) is 6.29. The van der Waals surface area contributed by atoms with E-state index in [-0.39, 0.29) is 0 Å². The molecule has 0 N–H and O–H groups in total. The summed E-state index contributed by atoms with van der Waals surface area (Å²) in [6.45, 7) is 0. The topological polar surface area (TPSA) is 43.4 Å². The summed E-state index contributed by atoms with van der Waals surface area (Å²) >= 11 is 2.95. The van der Waals surface area contributed by atoms with Gasteiger partial charge in [0.05, 0.1) is 0 Å². The number of alkyl halides is 4. The summed E-state index contributed by atoms with van der Waals surface area (Å²) in [6, 6.07) is 4.12. The van der Waals surface area contributed by atoms with Crippen molar-refractivity contribution < 1.29 is 34.6 Å². The Balaban J connectivity index is 3.05. The van der Waals surface area contributed by atoms with Gasteiger partial charge in [0.1, 0.15) is 5.75 Å². The predicted octanol–water partition coefficient (Wildman–Crippen LogP) is 3.31. The molecule has 0 atom stereocenters. The highest BCUT2D eigenvalue weighted by Crippen LogP contribution is 2.41. The molecule has 0 aliphatic heterocycles. The van der Waals surface area contributed by atoms with E-state index in [1.807, 2.05) is 0 Å². The van der Waals surface area contributed by atoms with Gasteiger partial charge in [-0.1, -0.05) is 19.8 Å². The molecule has 3 nitrogen and oxygen atoms in total. The smallest absolute Gasteiger partial charge is 0.427 e. The molecule has 10 heteroatoms. The van der Waals surface area contributed by atoms with Crippen LogP contribution in [-0.4, -0.2) is 19.8 Å². The zero-order valence-electron chi connectivity index (χ0n) is 8.21. The Morgan fingerprint density at radius 1 is 1.06 bits per heavy atom. The average Bonchev–Trinajstić information content (AvgIpc) is 2.19. The molecule has 0 aliphatic rings. The van der Waals surface area contributed by atoms with Crippen LogP contribution in [0.2, 0.25) is 0 Å². The van der Waals surface area contributed by atoms with Crippen molar-refractivity contribution in [3.8, 4) is 5.75 Å². The number of ether oxygens (including phenoxy) is 1. The van der Waals surface area contributed by atoms with Crippen LogP contribution in [0.15, 0.2) is 28.7 Å². The molecule has 0 spiro atoms. The quantitative estimate of drug-likeness (QED) is 0.615. The average molecular weight is 355 g/mol. The first-order chi connectivity index (χ1) is 7.97. The van der Waals surface area contributed by atoms with Crippen molar-refractivity contribution in [1.82, 2.24) is 0 Å². The van der Waals surface area contributed by atoms with E-state index < -0.39 is 27.3 Å². The Bertz CT molecular complexity index is 528. The van der Waals surface area contributed by atoms with Crippen LogP contribution < -0.4 is 4.74 Å². The van der Waals surface area contributed by atoms with Gasteiger partial charge in [-0.25, -0.2) is 0 Å². The Morgan fingerprint density at radius 2 is 1.50 bits per heavy atom. The van der Waals surface area contributed by atoms with Gasteiger partial charge in [-0.2, -0.15) is 26.0 Å². The van der Waals surface area contributed by atoms with Gasteiger partial charge >= 0.3 is 21.6 Å². The molecule has 0 heterocycles. The van der Waals surface area contributed by atoms with Crippen LogP contribution in [0.1, 0.15) is 0 Å². The van der Waals surface area contributed by atoms with Gasteiger partial charge in [-0.05, 0) is 24.3 Å². The highest BCUT2D eigenvalue weighted by Gasteiger charge is 2.70.